The number of aromatic nitrogens is 1. The lowest BCUT2D eigenvalue weighted by atomic mass is 10.1. The maximum Gasteiger partial charge on any atom is 0.167 e. The van der Waals surface area contributed by atoms with Gasteiger partial charge in [-0.25, -0.2) is 4.98 Å². The summed E-state index contributed by atoms with van der Waals surface area (Å²) < 4.78 is 5.89. The van der Waals surface area contributed by atoms with Gasteiger partial charge in [-0.15, -0.1) is 0 Å². The molecule has 3 heteroatoms. The first-order valence-corrected chi connectivity index (χ1v) is 9.34. The van der Waals surface area contributed by atoms with Crippen LogP contribution in [-0.4, -0.2) is 13.1 Å². The second-order valence-electron chi connectivity index (χ2n) is 5.40. The van der Waals surface area contributed by atoms with Gasteiger partial charge >= 0.3 is 0 Å². The highest BCUT2D eigenvalue weighted by Crippen LogP contribution is 2.24. The topological polar surface area (TPSA) is 26.0 Å². The third-order valence-corrected chi connectivity index (χ3v) is 4.42. The van der Waals surface area contributed by atoms with E-state index < -0.39 is 8.07 Å². The Morgan fingerprint density at radius 2 is 1.76 bits per heavy atom. The van der Waals surface area contributed by atoms with E-state index in [1.165, 1.54) is 10.8 Å². The summed E-state index contributed by atoms with van der Waals surface area (Å²) in [7, 11) is -1.48. The number of benzene rings is 2. The SMILES string of the molecule is C[Si](C)(C)c1nc2c(ccc3ccccc32)o1. The molecule has 2 aromatic carbocycles. The second kappa shape index (κ2) is 3.44. The van der Waals surface area contributed by atoms with Crippen LogP contribution in [0.25, 0.3) is 21.9 Å². The minimum Gasteiger partial charge on any atom is -0.446 e. The summed E-state index contributed by atoms with van der Waals surface area (Å²) in [5.41, 5.74) is 2.84. The van der Waals surface area contributed by atoms with Crippen molar-refractivity contribution in [3.8, 4) is 0 Å². The van der Waals surface area contributed by atoms with E-state index in [2.05, 4.69) is 37.8 Å². The van der Waals surface area contributed by atoms with Crippen LogP contribution >= 0.6 is 0 Å². The van der Waals surface area contributed by atoms with Gasteiger partial charge < -0.3 is 4.42 Å². The van der Waals surface area contributed by atoms with Crippen LogP contribution in [0.3, 0.4) is 0 Å². The summed E-state index contributed by atoms with van der Waals surface area (Å²) in [6.45, 7) is 6.75. The first-order chi connectivity index (χ1) is 8.05. The summed E-state index contributed by atoms with van der Waals surface area (Å²) in [6.07, 6.45) is 0. The first kappa shape index (κ1) is 10.5. The van der Waals surface area contributed by atoms with Gasteiger partial charge in [0.2, 0.25) is 0 Å². The number of hydrogen-bond acceptors (Lipinski definition) is 2. The van der Waals surface area contributed by atoms with E-state index in [0.717, 1.165) is 16.6 Å². The van der Waals surface area contributed by atoms with E-state index in [0.29, 0.717) is 0 Å². The number of fused-ring (bicyclic) bond motifs is 3. The normalized spacial score (nSPS) is 12.4. The van der Waals surface area contributed by atoms with Crippen molar-refractivity contribution in [2.24, 2.45) is 0 Å². The van der Waals surface area contributed by atoms with Crippen molar-refractivity contribution < 1.29 is 4.42 Å². The molecule has 1 aromatic heterocycles. The summed E-state index contributed by atoms with van der Waals surface area (Å²) in [5.74, 6) is 0. The smallest absolute Gasteiger partial charge is 0.167 e. The molecule has 3 rings (SSSR count). The molecular weight excluding hydrogens is 226 g/mol. The fourth-order valence-corrected chi connectivity index (χ4v) is 2.85. The third kappa shape index (κ3) is 1.67. The van der Waals surface area contributed by atoms with E-state index in [1.807, 2.05) is 18.2 Å². The van der Waals surface area contributed by atoms with Gasteiger partial charge in [0.1, 0.15) is 13.6 Å². The van der Waals surface area contributed by atoms with Crippen LogP contribution in [0.4, 0.5) is 0 Å². The Morgan fingerprint density at radius 3 is 2.53 bits per heavy atom. The Bertz CT molecular complexity index is 694. The number of oxazole rings is 1. The summed E-state index contributed by atoms with van der Waals surface area (Å²) in [4.78, 5) is 4.71. The maximum absolute atomic E-state index is 5.89. The molecule has 2 nitrogen and oxygen atoms in total. The molecule has 0 aliphatic rings. The van der Waals surface area contributed by atoms with Crippen molar-refractivity contribution >= 4 is 35.5 Å². The van der Waals surface area contributed by atoms with Crippen molar-refractivity contribution in [2.75, 3.05) is 0 Å². The highest BCUT2D eigenvalue weighted by Gasteiger charge is 2.24. The van der Waals surface area contributed by atoms with Gasteiger partial charge in [-0.05, 0) is 11.5 Å². The zero-order chi connectivity index (χ0) is 12.0. The highest BCUT2D eigenvalue weighted by atomic mass is 28.3. The fraction of sp³-hybridized carbons (Fsp3) is 0.214. The highest BCUT2D eigenvalue weighted by molar-refractivity contribution is 6.87. The molecule has 1 heterocycles. The molecular formula is C14H15NOSi. The van der Waals surface area contributed by atoms with Gasteiger partial charge in [-0.1, -0.05) is 50.0 Å². The van der Waals surface area contributed by atoms with E-state index in [9.17, 15) is 0 Å². The lowest BCUT2D eigenvalue weighted by molar-refractivity contribution is 0.638. The van der Waals surface area contributed by atoms with Gasteiger partial charge in [0, 0.05) is 5.39 Å². The van der Waals surface area contributed by atoms with Crippen molar-refractivity contribution in [1.29, 1.82) is 0 Å². The molecule has 17 heavy (non-hydrogen) atoms. The molecule has 0 fully saturated rings. The molecule has 0 atom stereocenters. The molecule has 0 saturated carbocycles. The fourth-order valence-electron chi connectivity index (χ4n) is 1.98. The predicted molar refractivity (Wildman–Crippen MR) is 74.5 cm³/mol. The first-order valence-electron chi connectivity index (χ1n) is 5.84. The van der Waals surface area contributed by atoms with E-state index in [4.69, 9.17) is 9.40 Å². The average Bonchev–Trinajstić information content (AvgIpc) is 2.72. The van der Waals surface area contributed by atoms with Crippen LogP contribution in [0.1, 0.15) is 0 Å². The number of rotatable bonds is 1. The predicted octanol–water partition coefficient (Wildman–Crippen LogP) is 3.53. The molecule has 0 N–H and O–H groups in total. The van der Waals surface area contributed by atoms with Crippen molar-refractivity contribution in [2.45, 2.75) is 19.6 Å². The van der Waals surface area contributed by atoms with Crippen LogP contribution in [-0.2, 0) is 0 Å². The van der Waals surface area contributed by atoms with Crippen LogP contribution in [0.2, 0.25) is 19.6 Å². The molecule has 0 radical (unpaired) electrons. The number of hydrogen-bond donors (Lipinski definition) is 0. The Balaban J connectivity index is 2.39. The van der Waals surface area contributed by atoms with E-state index in [-0.39, 0.29) is 0 Å². The van der Waals surface area contributed by atoms with Gasteiger partial charge in [0.25, 0.3) is 0 Å². The quantitative estimate of drug-likeness (QED) is 0.609. The van der Waals surface area contributed by atoms with Gasteiger partial charge in [0.15, 0.2) is 11.1 Å². The Labute approximate surface area is 101 Å². The molecule has 3 aromatic rings. The van der Waals surface area contributed by atoms with Crippen LogP contribution in [0, 0.1) is 0 Å². The minimum atomic E-state index is -1.48. The molecule has 0 aliphatic heterocycles. The molecule has 0 spiro atoms. The molecule has 0 saturated heterocycles. The molecule has 0 amide bonds. The van der Waals surface area contributed by atoms with Crippen molar-refractivity contribution in [3.63, 3.8) is 0 Å². The van der Waals surface area contributed by atoms with Crippen LogP contribution in [0.5, 0.6) is 0 Å². The third-order valence-electron chi connectivity index (χ3n) is 2.93. The Kier molecular flexibility index (Phi) is 2.13. The van der Waals surface area contributed by atoms with Crippen molar-refractivity contribution in [3.05, 3.63) is 36.4 Å². The van der Waals surface area contributed by atoms with Crippen LogP contribution in [0.15, 0.2) is 40.8 Å². The second-order valence-corrected chi connectivity index (χ2v) is 10.3. The molecule has 86 valence electrons. The van der Waals surface area contributed by atoms with E-state index >= 15 is 0 Å². The van der Waals surface area contributed by atoms with Gasteiger partial charge in [-0.3, -0.25) is 0 Å². The summed E-state index contributed by atoms with van der Waals surface area (Å²) in [6, 6.07) is 12.4. The average molecular weight is 241 g/mol. The Morgan fingerprint density at radius 1 is 1.00 bits per heavy atom. The summed E-state index contributed by atoms with van der Waals surface area (Å²) in [5, 5.41) is 2.40. The summed E-state index contributed by atoms with van der Waals surface area (Å²) >= 11 is 0. The Hall–Kier alpha value is -1.61. The zero-order valence-corrected chi connectivity index (χ0v) is 11.3. The van der Waals surface area contributed by atoms with Crippen molar-refractivity contribution in [1.82, 2.24) is 4.98 Å². The van der Waals surface area contributed by atoms with Crippen LogP contribution < -0.4 is 5.51 Å². The van der Waals surface area contributed by atoms with Gasteiger partial charge in [-0.2, -0.15) is 0 Å². The minimum absolute atomic E-state index is 0.904. The lowest BCUT2D eigenvalue weighted by Gasteiger charge is -2.08. The zero-order valence-electron chi connectivity index (χ0n) is 10.3. The maximum atomic E-state index is 5.89. The standard InChI is InChI=1S/C14H15NOSi/c1-17(2,3)14-15-13-11-7-5-4-6-10(11)8-9-12(13)16-14/h4-9H,1-3H3. The lowest BCUT2D eigenvalue weighted by Crippen LogP contribution is -2.38. The van der Waals surface area contributed by atoms with E-state index in [1.54, 1.807) is 0 Å². The monoisotopic (exact) mass is 241 g/mol. The molecule has 0 bridgehead atoms. The molecule has 0 unspecified atom stereocenters. The molecule has 0 aliphatic carbocycles. The van der Waals surface area contributed by atoms with Gasteiger partial charge in [0.05, 0.1) is 0 Å². The largest absolute Gasteiger partial charge is 0.446 e. The number of nitrogens with zero attached hydrogens (tertiary/aromatic N) is 1.